The summed E-state index contributed by atoms with van der Waals surface area (Å²) in [4.78, 5) is 0. The molecule has 0 unspecified atom stereocenters. The van der Waals surface area contributed by atoms with E-state index in [9.17, 15) is 5.11 Å². The number of benzene rings is 2. The van der Waals surface area contributed by atoms with E-state index >= 15 is 0 Å². The van der Waals surface area contributed by atoms with Gasteiger partial charge in [0.2, 0.25) is 0 Å². The van der Waals surface area contributed by atoms with E-state index in [1.165, 1.54) is 0 Å². The van der Waals surface area contributed by atoms with E-state index in [1.807, 2.05) is 0 Å². The van der Waals surface area contributed by atoms with Gasteiger partial charge in [-0.05, 0) is 51.8 Å². The molecule has 0 aliphatic rings. The van der Waals surface area contributed by atoms with Gasteiger partial charge in [-0.3, -0.25) is 0 Å². The third-order valence-electron chi connectivity index (χ3n) is 2.59. The van der Waals surface area contributed by atoms with Crippen molar-refractivity contribution in [2.45, 2.75) is 6.54 Å². The number of nitrogens with one attached hydrogen (secondary N) is 1. The summed E-state index contributed by atoms with van der Waals surface area (Å²) < 4.78 is 0.621. The monoisotopic (exact) mass is 372 g/mol. The summed E-state index contributed by atoms with van der Waals surface area (Å²) in [5.41, 5.74) is 4.55. The molecule has 2 N–H and O–H groups in total. The first-order valence-electron chi connectivity index (χ1n) is 5.75. The zero-order chi connectivity index (χ0) is 14.5. The molecule has 0 aliphatic heterocycles. The largest absolute Gasteiger partial charge is 0.507 e. The molecule has 0 fully saturated rings. The van der Waals surface area contributed by atoms with Crippen LogP contribution in [0.25, 0.3) is 0 Å². The average molecular weight is 374 g/mol. The Kier molecular flexibility index (Phi) is 5.29. The van der Waals surface area contributed by atoms with Crippen molar-refractivity contribution in [3.63, 3.8) is 0 Å². The van der Waals surface area contributed by atoms with Gasteiger partial charge in [0.15, 0.2) is 0 Å². The van der Waals surface area contributed by atoms with Crippen molar-refractivity contribution in [2.24, 2.45) is 5.10 Å². The molecule has 104 valence electrons. The summed E-state index contributed by atoms with van der Waals surface area (Å²) in [7, 11) is 0. The summed E-state index contributed by atoms with van der Waals surface area (Å²) in [5, 5.41) is 14.7. The highest BCUT2D eigenvalue weighted by Crippen LogP contribution is 2.24. The van der Waals surface area contributed by atoms with Crippen LogP contribution in [0.1, 0.15) is 11.1 Å². The van der Waals surface area contributed by atoms with Gasteiger partial charge in [0.1, 0.15) is 5.75 Å². The predicted molar refractivity (Wildman–Crippen MR) is 86.7 cm³/mol. The first-order chi connectivity index (χ1) is 9.58. The maximum atomic E-state index is 9.39. The van der Waals surface area contributed by atoms with Crippen LogP contribution in [0.15, 0.2) is 46.0 Å². The molecule has 0 saturated heterocycles. The summed E-state index contributed by atoms with van der Waals surface area (Å²) in [6.07, 6.45) is 1.65. The average Bonchev–Trinajstić information content (AvgIpc) is 2.41. The van der Waals surface area contributed by atoms with Gasteiger partial charge in [-0.2, -0.15) is 5.10 Å². The van der Waals surface area contributed by atoms with Crippen LogP contribution in [-0.2, 0) is 6.54 Å². The molecule has 2 aromatic rings. The standard InChI is InChI=1S/C14H11BrCl2N2O/c15-11-6-9(4-5-14(11)20)7-18-19-8-10-12(16)2-1-3-13(10)17/h1-7,19-20H,8H2/b18-7+. The zero-order valence-corrected chi connectivity index (χ0v) is 13.4. The second-order valence-corrected chi connectivity index (χ2v) is 5.67. The van der Waals surface area contributed by atoms with Crippen molar-refractivity contribution in [3.05, 3.63) is 62.0 Å². The maximum Gasteiger partial charge on any atom is 0.129 e. The van der Waals surface area contributed by atoms with Crippen molar-refractivity contribution < 1.29 is 5.11 Å². The van der Waals surface area contributed by atoms with Crippen LogP contribution < -0.4 is 5.43 Å². The summed E-state index contributed by atoms with van der Waals surface area (Å²) in [6, 6.07) is 10.5. The minimum atomic E-state index is 0.193. The number of hydrogen-bond acceptors (Lipinski definition) is 3. The van der Waals surface area contributed by atoms with Gasteiger partial charge >= 0.3 is 0 Å². The Bertz CT molecular complexity index is 627. The van der Waals surface area contributed by atoms with Gasteiger partial charge in [0.25, 0.3) is 0 Å². The van der Waals surface area contributed by atoms with Crippen LogP contribution in [0.4, 0.5) is 0 Å². The Balaban J connectivity index is 1.99. The van der Waals surface area contributed by atoms with E-state index in [0.29, 0.717) is 21.1 Å². The van der Waals surface area contributed by atoms with Gasteiger partial charge in [0.05, 0.1) is 17.2 Å². The Labute approximate surface area is 135 Å². The highest BCUT2D eigenvalue weighted by atomic mass is 79.9. The Hall–Kier alpha value is -1.23. The lowest BCUT2D eigenvalue weighted by Crippen LogP contribution is -2.06. The number of aromatic hydroxyl groups is 1. The molecule has 0 aromatic heterocycles. The molecule has 0 spiro atoms. The molecule has 0 heterocycles. The normalized spacial score (nSPS) is 10.9. The minimum absolute atomic E-state index is 0.193. The van der Waals surface area contributed by atoms with Crippen molar-refractivity contribution in [1.29, 1.82) is 0 Å². The number of phenolic OH excluding ortho intramolecular Hbond substituents is 1. The third kappa shape index (κ3) is 3.88. The van der Waals surface area contributed by atoms with Gasteiger partial charge in [0, 0.05) is 15.6 Å². The van der Waals surface area contributed by atoms with E-state index in [1.54, 1.807) is 42.6 Å². The van der Waals surface area contributed by atoms with Crippen molar-refractivity contribution in [3.8, 4) is 5.75 Å². The summed E-state index contributed by atoms with van der Waals surface area (Å²) in [6.45, 7) is 0.439. The second-order valence-electron chi connectivity index (χ2n) is 4.00. The molecule has 20 heavy (non-hydrogen) atoms. The molecule has 0 radical (unpaired) electrons. The first kappa shape index (κ1) is 15.2. The van der Waals surface area contributed by atoms with Crippen molar-refractivity contribution >= 4 is 45.3 Å². The minimum Gasteiger partial charge on any atom is -0.507 e. The van der Waals surface area contributed by atoms with E-state index in [4.69, 9.17) is 23.2 Å². The molecule has 0 aliphatic carbocycles. The van der Waals surface area contributed by atoms with Gasteiger partial charge < -0.3 is 10.5 Å². The summed E-state index contributed by atoms with van der Waals surface area (Å²) in [5.74, 6) is 0.193. The Morgan fingerprint density at radius 3 is 2.55 bits per heavy atom. The number of hydrogen-bond donors (Lipinski definition) is 2. The molecule has 0 bridgehead atoms. The topological polar surface area (TPSA) is 44.6 Å². The third-order valence-corrected chi connectivity index (χ3v) is 3.94. The van der Waals surface area contributed by atoms with Crippen molar-refractivity contribution in [2.75, 3.05) is 0 Å². The highest BCUT2D eigenvalue weighted by molar-refractivity contribution is 9.10. The fourth-order valence-electron chi connectivity index (χ4n) is 1.55. The second kappa shape index (κ2) is 6.97. The molecule has 2 aromatic carbocycles. The van der Waals surface area contributed by atoms with Gasteiger partial charge in [-0.1, -0.05) is 29.3 Å². The maximum absolute atomic E-state index is 9.39. The number of halogens is 3. The van der Waals surface area contributed by atoms with E-state index in [0.717, 1.165) is 11.1 Å². The van der Waals surface area contributed by atoms with Crippen LogP contribution in [0.5, 0.6) is 5.75 Å². The first-order valence-corrected chi connectivity index (χ1v) is 7.30. The lowest BCUT2D eigenvalue weighted by atomic mass is 10.2. The van der Waals surface area contributed by atoms with Crippen LogP contribution in [0, 0.1) is 0 Å². The highest BCUT2D eigenvalue weighted by Gasteiger charge is 2.03. The van der Waals surface area contributed by atoms with Crippen LogP contribution in [0.2, 0.25) is 10.0 Å². The summed E-state index contributed by atoms with van der Waals surface area (Å²) >= 11 is 15.4. The van der Waals surface area contributed by atoms with Crippen LogP contribution >= 0.6 is 39.1 Å². The van der Waals surface area contributed by atoms with Gasteiger partial charge in [-0.15, -0.1) is 0 Å². The fraction of sp³-hybridized carbons (Fsp3) is 0.0714. The molecular weight excluding hydrogens is 363 g/mol. The molecule has 6 heteroatoms. The van der Waals surface area contributed by atoms with Gasteiger partial charge in [-0.25, -0.2) is 0 Å². The van der Waals surface area contributed by atoms with Crippen LogP contribution in [0.3, 0.4) is 0 Å². The molecule has 2 rings (SSSR count). The number of hydrazone groups is 1. The molecule has 3 nitrogen and oxygen atoms in total. The lowest BCUT2D eigenvalue weighted by Gasteiger charge is -2.06. The molecule has 0 atom stereocenters. The lowest BCUT2D eigenvalue weighted by molar-refractivity contribution is 0.472. The SMILES string of the molecule is Oc1ccc(/C=N/NCc2c(Cl)cccc2Cl)cc1Br. The molecule has 0 amide bonds. The van der Waals surface area contributed by atoms with E-state index < -0.39 is 0 Å². The smallest absolute Gasteiger partial charge is 0.129 e. The number of phenols is 1. The fourth-order valence-corrected chi connectivity index (χ4v) is 2.48. The van der Waals surface area contributed by atoms with E-state index in [-0.39, 0.29) is 5.75 Å². The van der Waals surface area contributed by atoms with E-state index in [2.05, 4.69) is 26.5 Å². The van der Waals surface area contributed by atoms with Crippen LogP contribution in [-0.4, -0.2) is 11.3 Å². The molecule has 0 saturated carbocycles. The Morgan fingerprint density at radius 2 is 1.90 bits per heavy atom. The predicted octanol–water partition coefficient (Wildman–Crippen LogP) is 4.59. The van der Waals surface area contributed by atoms with Crippen molar-refractivity contribution in [1.82, 2.24) is 5.43 Å². The Morgan fingerprint density at radius 1 is 1.20 bits per heavy atom. The number of rotatable bonds is 4. The number of nitrogens with zero attached hydrogens (tertiary/aromatic N) is 1. The quantitative estimate of drug-likeness (QED) is 0.608. The molecular formula is C14H11BrCl2N2O. The zero-order valence-electron chi connectivity index (χ0n) is 10.3.